The predicted molar refractivity (Wildman–Crippen MR) is 94.6 cm³/mol. The van der Waals surface area contributed by atoms with E-state index in [-0.39, 0.29) is 44.7 Å². The van der Waals surface area contributed by atoms with Crippen LogP contribution in [0.4, 0.5) is 30.2 Å². The number of anilines is 1. The molecular formula is C16H18F3N5O5. The van der Waals surface area contributed by atoms with Gasteiger partial charge >= 0.3 is 6.18 Å². The molecule has 1 N–H and O–H groups in total. The van der Waals surface area contributed by atoms with Crippen LogP contribution in [0.2, 0.25) is 0 Å². The van der Waals surface area contributed by atoms with E-state index in [0.29, 0.717) is 12.1 Å². The molecule has 1 aromatic carbocycles. The summed E-state index contributed by atoms with van der Waals surface area (Å²) < 4.78 is 39.0. The zero-order valence-corrected chi connectivity index (χ0v) is 15.1. The molecule has 0 aromatic heterocycles. The number of nitrogens with one attached hydrogen (secondary N) is 1. The van der Waals surface area contributed by atoms with Crippen molar-refractivity contribution in [2.45, 2.75) is 25.1 Å². The van der Waals surface area contributed by atoms with Crippen LogP contribution in [0.1, 0.15) is 18.4 Å². The quantitative estimate of drug-likeness (QED) is 0.554. The average Bonchev–Trinajstić information content (AvgIpc) is 3.44. The maximum atomic E-state index is 13.0. The van der Waals surface area contributed by atoms with Gasteiger partial charge in [0.15, 0.2) is 5.69 Å². The first-order valence-electron chi connectivity index (χ1n) is 8.87. The standard InChI is InChI=1S/C16H18F3N5O5/c17-16(18,19)10-7-12(23(26)27)15(13(8-10)24(28)29)22-5-3-21(4-6-22)9-14(25)20-11-1-2-11/h7-8,11H,1-6,9H2,(H,20,25). The van der Waals surface area contributed by atoms with E-state index in [1.807, 2.05) is 0 Å². The Kier molecular flexibility index (Phi) is 5.59. The molecule has 0 unspecified atom stereocenters. The summed E-state index contributed by atoms with van der Waals surface area (Å²) in [5, 5.41) is 25.6. The zero-order valence-electron chi connectivity index (χ0n) is 15.1. The maximum Gasteiger partial charge on any atom is 0.416 e. The fourth-order valence-electron chi connectivity index (χ4n) is 3.20. The topological polar surface area (TPSA) is 122 Å². The molecule has 1 amide bonds. The molecule has 13 heteroatoms. The fourth-order valence-corrected chi connectivity index (χ4v) is 3.20. The third-order valence-electron chi connectivity index (χ3n) is 4.79. The molecule has 0 atom stereocenters. The molecule has 0 spiro atoms. The highest BCUT2D eigenvalue weighted by Gasteiger charge is 2.39. The Morgan fingerprint density at radius 3 is 2.00 bits per heavy atom. The lowest BCUT2D eigenvalue weighted by atomic mass is 10.1. The molecular weight excluding hydrogens is 399 g/mol. The number of hydrogen-bond acceptors (Lipinski definition) is 7. The molecule has 1 aliphatic carbocycles. The molecule has 0 bridgehead atoms. The summed E-state index contributed by atoms with van der Waals surface area (Å²) >= 11 is 0. The van der Waals surface area contributed by atoms with E-state index >= 15 is 0 Å². The van der Waals surface area contributed by atoms with Gasteiger partial charge in [0.1, 0.15) is 0 Å². The van der Waals surface area contributed by atoms with Crippen LogP contribution in [-0.4, -0.2) is 59.4 Å². The van der Waals surface area contributed by atoms with Crippen LogP contribution in [0.5, 0.6) is 0 Å². The van der Waals surface area contributed by atoms with Crippen LogP contribution < -0.4 is 10.2 Å². The van der Waals surface area contributed by atoms with Crippen LogP contribution in [0.15, 0.2) is 12.1 Å². The lowest BCUT2D eigenvalue weighted by Gasteiger charge is -2.35. The van der Waals surface area contributed by atoms with Gasteiger partial charge in [0.2, 0.25) is 5.91 Å². The summed E-state index contributed by atoms with van der Waals surface area (Å²) in [7, 11) is 0. The molecule has 10 nitrogen and oxygen atoms in total. The number of halogens is 3. The molecule has 1 saturated heterocycles. The van der Waals surface area contributed by atoms with Crippen molar-refractivity contribution in [1.82, 2.24) is 10.2 Å². The van der Waals surface area contributed by atoms with Crippen LogP contribution in [0.3, 0.4) is 0 Å². The monoisotopic (exact) mass is 417 g/mol. The van der Waals surface area contributed by atoms with Gasteiger partial charge in [0, 0.05) is 44.4 Å². The number of carbonyl (C=O) groups excluding carboxylic acids is 1. The highest BCUT2D eigenvalue weighted by molar-refractivity contribution is 5.79. The Hall–Kier alpha value is -2.96. The summed E-state index contributed by atoms with van der Waals surface area (Å²) in [6.45, 7) is 0.899. The van der Waals surface area contributed by atoms with Crippen molar-refractivity contribution in [2.24, 2.45) is 0 Å². The van der Waals surface area contributed by atoms with Crippen LogP contribution in [0.25, 0.3) is 0 Å². The zero-order chi connectivity index (χ0) is 21.3. The van der Waals surface area contributed by atoms with E-state index in [2.05, 4.69) is 5.32 Å². The second kappa shape index (κ2) is 7.81. The second-order valence-electron chi connectivity index (χ2n) is 6.98. The number of nitro benzene ring substituents is 2. The Balaban J connectivity index is 1.81. The predicted octanol–water partition coefficient (Wildman–Crippen LogP) is 1.92. The number of hydrogen-bond donors (Lipinski definition) is 1. The minimum Gasteiger partial charge on any atom is -0.358 e. The molecule has 0 radical (unpaired) electrons. The van der Waals surface area contributed by atoms with Gasteiger partial charge in [0.05, 0.1) is 22.0 Å². The van der Waals surface area contributed by atoms with Gasteiger partial charge in [-0.1, -0.05) is 0 Å². The first-order valence-corrected chi connectivity index (χ1v) is 8.87. The summed E-state index contributed by atoms with van der Waals surface area (Å²) in [5.74, 6) is -0.146. The Labute approximate surface area is 162 Å². The van der Waals surface area contributed by atoms with Gasteiger partial charge < -0.3 is 10.2 Å². The van der Waals surface area contributed by atoms with Crippen molar-refractivity contribution in [2.75, 3.05) is 37.6 Å². The highest BCUT2D eigenvalue weighted by Crippen LogP contribution is 2.43. The van der Waals surface area contributed by atoms with Crippen LogP contribution >= 0.6 is 0 Å². The summed E-state index contributed by atoms with van der Waals surface area (Å²) in [4.78, 5) is 35.6. The van der Waals surface area contributed by atoms with Crippen molar-refractivity contribution in [3.63, 3.8) is 0 Å². The van der Waals surface area contributed by atoms with E-state index in [9.17, 15) is 38.2 Å². The van der Waals surface area contributed by atoms with Gasteiger partial charge in [-0.15, -0.1) is 0 Å². The number of benzene rings is 1. The number of nitro groups is 2. The van der Waals surface area contributed by atoms with E-state index in [1.165, 1.54) is 4.90 Å². The Morgan fingerprint density at radius 1 is 1.07 bits per heavy atom. The molecule has 2 fully saturated rings. The number of nitrogens with zero attached hydrogens (tertiary/aromatic N) is 4. The van der Waals surface area contributed by atoms with Gasteiger partial charge in [-0.2, -0.15) is 13.2 Å². The van der Waals surface area contributed by atoms with E-state index in [4.69, 9.17) is 0 Å². The summed E-state index contributed by atoms with van der Waals surface area (Å²) in [6.07, 6.45) is -3.07. The SMILES string of the molecule is O=C(CN1CCN(c2c([N+](=O)[O-])cc(C(F)(F)F)cc2[N+](=O)[O-])CC1)NC1CC1. The smallest absolute Gasteiger partial charge is 0.358 e. The van der Waals surface area contributed by atoms with E-state index in [0.717, 1.165) is 12.8 Å². The molecule has 1 aliphatic heterocycles. The lowest BCUT2D eigenvalue weighted by Crippen LogP contribution is -2.50. The first-order chi connectivity index (χ1) is 13.6. The largest absolute Gasteiger partial charge is 0.416 e. The fraction of sp³-hybridized carbons (Fsp3) is 0.562. The third kappa shape index (κ3) is 4.91. The van der Waals surface area contributed by atoms with Gasteiger partial charge in [-0.25, -0.2) is 0 Å². The van der Waals surface area contributed by atoms with Crippen molar-refractivity contribution < 1.29 is 27.8 Å². The maximum absolute atomic E-state index is 13.0. The van der Waals surface area contributed by atoms with E-state index in [1.54, 1.807) is 4.90 Å². The molecule has 29 heavy (non-hydrogen) atoms. The summed E-state index contributed by atoms with van der Waals surface area (Å²) in [6, 6.07) is 0.844. The molecule has 1 heterocycles. The van der Waals surface area contributed by atoms with Crippen molar-refractivity contribution in [3.8, 4) is 0 Å². The van der Waals surface area contributed by atoms with Crippen molar-refractivity contribution in [1.29, 1.82) is 0 Å². The Morgan fingerprint density at radius 2 is 1.59 bits per heavy atom. The van der Waals surface area contributed by atoms with Crippen LogP contribution in [0, 0.1) is 20.2 Å². The number of piperazine rings is 1. The minimum absolute atomic E-state index is 0.101. The van der Waals surface area contributed by atoms with Gasteiger partial charge in [0.25, 0.3) is 11.4 Å². The number of rotatable bonds is 6. The van der Waals surface area contributed by atoms with Crippen LogP contribution in [-0.2, 0) is 11.0 Å². The van der Waals surface area contributed by atoms with E-state index < -0.39 is 38.6 Å². The highest BCUT2D eigenvalue weighted by atomic mass is 19.4. The minimum atomic E-state index is -4.96. The molecule has 158 valence electrons. The molecule has 2 aliphatic rings. The van der Waals surface area contributed by atoms with Crippen molar-refractivity contribution >= 4 is 23.0 Å². The molecule has 1 aromatic rings. The first kappa shape index (κ1) is 20.8. The second-order valence-corrected chi connectivity index (χ2v) is 6.98. The van der Waals surface area contributed by atoms with Crippen molar-refractivity contribution in [3.05, 3.63) is 37.9 Å². The third-order valence-corrected chi connectivity index (χ3v) is 4.79. The Bertz CT molecular complexity index is 800. The number of carbonyl (C=O) groups is 1. The lowest BCUT2D eigenvalue weighted by molar-refractivity contribution is -0.393. The molecule has 1 saturated carbocycles. The molecule has 3 rings (SSSR count). The number of alkyl halides is 3. The normalized spacial score (nSPS) is 17.8. The van der Waals surface area contributed by atoms with Gasteiger partial charge in [-0.3, -0.25) is 29.9 Å². The average molecular weight is 417 g/mol. The summed E-state index contributed by atoms with van der Waals surface area (Å²) in [5.41, 5.74) is -3.83. The van der Waals surface area contributed by atoms with Gasteiger partial charge in [-0.05, 0) is 12.8 Å². The number of amides is 1.